The zero-order valence-electron chi connectivity index (χ0n) is 49.1. The van der Waals surface area contributed by atoms with Crippen molar-refractivity contribution in [3.63, 3.8) is 0 Å². The Balaban J connectivity index is 2.75. The maximum absolute atomic E-state index is 13.2. The van der Waals surface area contributed by atoms with Crippen LogP contribution in [0.1, 0.15) is 226 Å². The van der Waals surface area contributed by atoms with Gasteiger partial charge in [0.2, 0.25) is 0 Å². The number of aliphatic hydroxyl groups excluding tert-OH is 2. The number of aliphatic hydroxyl groups is 2. The van der Waals surface area contributed by atoms with Gasteiger partial charge in [-0.1, -0.05) is 239 Å². The fourth-order valence-electron chi connectivity index (χ4n) is 8.47. The summed E-state index contributed by atoms with van der Waals surface area (Å²) in [6.45, 7) is 5.66. The van der Waals surface area contributed by atoms with E-state index in [2.05, 4.69) is 124 Å². The molecule has 1 aliphatic rings. The minimum absolute atomic E-state index is 0.00739. The molecule has 6 atom stereocenters. The van der Waals surface area contributed by atoms with E-state index in [1.807, 2.05) is 12.2 Å². The van der Waals surface area contributed by atoms with E-state index in [-0.39, 0.29) is 25.9 Å². The number of carbonyl (C=O) groups excluding carboxylic acids is 3. The van der Waals surface area contributed by atoms with Crippen LogP contribution in [-0.4, -0.2) is 89.2 Å². The highest BCUT2D eigenvalue weighted by Gasteiger charge is 2.50. The lowest BCUT2D eigenvalue weighted by atomic mass is 9.98. The van der Waals surface area contributed by atoms with Gasteiger partial charge >= 0.3 is 23.9 Å². The summed E-state index contributed by atoms with van der Waals surface area (Å²) in [6.07, 6.45) is 61.9. The Bertz CT molecular complexity index is 1840. The topological polar surface area (TPSA) is 175 Å². The van der Waals surface area contributed by atoms with Crippen molar-refractivity contribution in [1.29, 1.82) is 0 Å². The standard InChI is InChI=1S/C67H106O12/c1-4-7-10-13-16-19-22-25-28-29-30-31-34-37-40-43-46-49-52-55-61(70)78-65-63(72)62(71)64(66(73)74)79-67(65)76-57-58(77-60(69)54-51-48-45-42-39-36-33-27-24-21-18-15-12-9-6-3)56-75-59(68)53-50-47-44-41-38-35-32-26-23-20-17-14-11-8-5-2/h7-8,10-11,16-17,19-20,25-26,28,30-32,37-38,40-41,47,50,58,62-65,67,71-72H,4-6,9,12-15,18,21-24,27,29,33-36,39,42-46,48-49,51-57H2,1-3H3,(H,73,74)/b10-7-,11-8-,19-16-,20-17-,28-25-,31-30-,32-26-,40-37-,41-38-,50-47-. The van der Waals surface area contributed by atoms with Crippen LogP contribution in [0.4, 0.5) is 0 Å². The fourth-order valence-corrected chi connectivity index (χ4v) is 8.47. The maximum Gasteiger partial charge on any atom is 0.335 e. The zero-order chi connectivity index (χ0) is 57.5. The number of carboxylic acids is 1. The molecule has 0 saturated carbocycles. The molecular formula is C67H106O12. The van der Waals surface area contributed by atoms with E-state index < -0.39 is 67.3 Å². The minimum atomic E-state index is -1.93. The molecule has 0 bridgehead atoms. The van der Waals surface area contributed by atoms with Crippen LogP contribution < -0.4 is 0 Å². The molecule has 1 heterocycles. The van der Waals surface area contributed by atoms with Crippen LogP contribution in [0.2, 0.25) is 0 Å². The largest absolute Gasteiger partial charge is 0.479 e. The van der Waals surface area contributed by atoms with E-state index >= 15 is 0 Å². The second kappa shape index (κ2) is 53.7. The zero-order valence-corrected chi connectivity index (χ0v) is 49.1. The summed E-state index contributed by atoms with van der Waals surface area (Å²) in [6, 6.07) is 0. The second-order valence-corrected chi connectivity index (χ2v) is 20.2. The van der Waals surface area contributed by atoms with Gasteiger partial charge in [0.15, 0.2) is 24.6 Å². The van der Waals surface area contributed by atoms with Crippen LogP contribution >= 0.6 is 0 Å². The molecule has 1 saturated heterocycles. The van der Waals surface area contributed by atoms with Crippen LogP contribution in [-0.2, 0) is 42.9 Å². The third-order valence-corrected chi connectivity index (χ3v) is 13.1. The minimum Gasteiger partial charge on any atom is -0.479 e. The van der Waals surface area contributed by atoms with Crippen LogP contribution in [0.5, 0.6) is 0 Å². The summed E-state index contributed by atoms with van der Waals surface area (Å²) in [5.74, 6) is -3.33. The highest BCUT2D eigenvalue weighted by atomic mass is 16.7. The number of carboxylic acid groups (broad SMARTS) is 1. The van der Waals surface area contributed by atoms with Gasteiger partial charge in [0.25, 0.3) is 0 Å². The van der Waals surface area contributed by atoms with E-state index in [0.29, 0.717) is 19.3 Å². The molecule has 12 heteroatoms. The van der Waals surface area contributed by atoms with Gasteiger partial charge in [0.1, 0.15) is 18.8 Å². The molecule has 1 rings (SSSR count). The number of hydrogen-bond donors (Lipinski definition) is 3. The predicted molar refractivity (Wildman–Crippen MR) is 321 cm³/mol. The van der Waals surface area contributed by atoms with Crippen molar-refractivity contribution in [2.75, 3.05) is 13.2 Å². The molecule has 0 aromatic heterocycles. The van der Waals surface area contributed by atoms with E-state index in [1.165, 1.54) is 70.6 Å². The van der Waals surface area contributed by atoms with Crippen LogP contribution in [0.25, 0.3) is 0 Å². The summed E-state index contributed by atoms with van der Waals surface area (Å²) in [7, 11) is 0. The first-order chi connectivity index (χ1) is 38.6. The van der Waals surface area contributed by atoms with E-state index in [1.54, 1.807) is 6.08 Å². The van der Waals surface area contributed by atoms with Crippen LogP contribution in [0.15, 0.2) is 122 Å². The molecule has 3 N–H and O–H groups in total. The third kappa shape index (κ3) is 43.6. The van der Waals surface area contributed by atoms with E-state index in [9.17, 15) is 34.5 Å². The number of aliphatic carboxylic acids is 1. The van der Waals surface area contributed by atoms with Crippen molar-refractivity contribution in [2.45, 2.75) is 263 Å². The first-order valence-electron chi connectivity index (χ1n) is 30.5. The molecule has 79 heavy (non-hydrogen) atoms. The average Bonchev–Trinajstić information content (AvgIpc) is 3.44. The summed E-state index contributed by atoms with van der Waals surface area (Å²) < 4.78 is 28.3. The van der Waals surface area contributed by atoms with Gasteiger partial charge in [-0.15, -0.1) is 0 Å². The molecule has 0 radical (unpaired) electrons. The highest BCUT2D eigenvalue weighted by Crippen LogP contribution is 2.26. The smallest absolute Gasteiger partial charge is 0.335 e. The molecular weight excluding hydrogens is 997 g/mol. The van der Waals surface area contributed by atoms with Crippen molar-refractivity contribution < 1.29 is 58.2 Å². The molecule has 0 aromatic rings. The molecule has 0 amide bonds. The predicted octanol–water partition coefficient (Wildman–Crippen LogP) is 16.0. The van der Waals surface area contributed by atoms with E-state index in [4.69, 9.17) is 23.7 Å². The third-order valence-electron chi connectivity index (χ3n) is 13.1. The van der Waals surface area contributed by atoms with Crippen molar-refractivity contribution >= 4 is 23.9 Å². The number of rotatable bonds is 50. The Morgan fingerprint density at radius 3 is 1.28 bits per heavy atom. The average molecular weight is 1100 g/mol. The Morgan fingerprint density at radius 1 is 0.443 bits per heavy atom. The number of allylic oxidation sites excluding steroid dienone is 19. The first-order valence-corrected chi connectivity index (χ1v) is 30.5. The van der Waals surface area contributed by atoms with Gasteiger partial charge in [-0.2, -0.15) is 0 Å². The van der Waals surface area contributed by atoms with E-state index in [0.717, 1.165) is 96.3 Å². The Labute approximate surface area is 478 Å². The molecule has 12 nitrogen and oxygen atoms in total. The Kier molecular flexibility index (Phi) is 49.1. The van der Waals surface area contributed by atoms with Gasteiger partial charge in [0, 0.05) is 12.8 Å². The van der Waals surface area contributed by atoms with Gasteiger partial charge in [0.05, 0.1) is 13.0 Å². The highest BCUT2D eigenvalue weighted by molar-refractivity contribution is 5.74. The molecule has 1 fully saturated rings. The number of ether oxygens (including phenoxy) is 5. The Morgan fingerprint density at radius 2 is 0.835 bits per heavy atom. The van der Waals surface area contributed by atoms with Crippen molar-refractivity contribution in [2.24, 2.45) is 0 Å². The monoisotopic (exact) mass is 1100 g/mol. The quantitative estimate of drug-likeness (QED) is 0.0228. The normalized spacial score (nSPS) is 18.7. The van der Waals surface area contributed by atoms with Crippen LogP contribution in [0, 0.1) is 0 Å². The lowest BCUT2D eigenvalue weighted by Gasteiger charge is -2.40. The van der Waals surface area contributed by atoms with Crippen molar-refractivity contribution in [1.82, 2.24) is 0 Å². The second-order valence-electron chi connectivity index (χ2n) is 20.2. The van der Waals surface area contributed by atoms with Gasteiger partial charge < -0.3 is 39.0 Å². The number of hydrogen-bond acceptors (Lipinski definition) is 11. The molecule has 0 aliphatic carbocycles. The summed E-state index contributed by atoms with van der Waals surface area (Å²) in [4.78, 5) is 51.1. The molecule has 0 aromatic carbocycles. The molecule has 6 unspecified atom stereocenters. The molecule has 446 valence electrons. The summed E-state index contributed by atoms with van der Waals surface area (Å²) >= 11 is 0. The Hall–Kier alpha value is -4.88. The SMILES string of the molecule is CC/C=C\C/C=C\C/C=C\C/C=C\C/C=C\CCCCCC(=O)OC1C(OCC(COC(=O)C/C=C\C/C=C\C/C=C\C/C=C\C/C=C\CC)OC(=O)CCCCCCCCCCCCCCCCC)OC(C(=O)O)C(O)C1O. The maximum atomic E-state index is 13.2. The lowest BCUT2D eigenvalue weighted by Crippen LogP contribution is -2.61. The fraction of sp³-hybridized carbons (Fsp3) is 0.642. The van der Waals surface area contributed by atoms with Crippen LogP contribution in [0.3, 0.4) is 0 Å². The summed E-state index contributed by atoms with van der Waals surface area (Å²) in [5.41, 5.74) is 0. The molecule has 0 spiro atoms. The molecule has 1 aliphatic heterocycles. The first kappa shape index (κ1) is 72.1. The van der Waals surface area contributed by atoms with Gasteiger partial charge in [-0.3, -0.25) is 14.4 Å². The number of carbonyl (C=O) groups is 4. The van der Waals surface area contributed by atoms with Gasteiger partial charge in [-0.05, 0) is 89.9 Å². The lowest BCUT2D eigenvalue weighted by molar-refractivity contribution is -0.301. The van der Waals surface area contributed by atoms with Gasteiger partial charge in [-0.25, -0.2) is 4.79 Å². The van der Waals surface area contributed by atoms with Crippen molar-refractivity contribution in [3.05, 3.63) is 122 Å². The number of esters is 3. The summed E-state index contributed by atoms with van der Waals surface area (Å²) in [5, 5.41) is 31.5. The van der Waals surface area contributed by atoms with Crippen molar-refractivity contribution in [3.8, 4) is 0 Å². The number of unbranched alkanes of at least 4 members (excludes halogenated alkanes) is 17.